The zero-order valence-corrected chi connectivity index (χ0v) is 33.6. The zero-order chi connectivity index (χ0) is 38.7. The summed E-state index contributed by atoms with van der Waals surface area (Å²) in [6, 6.07) is 57.1. The molecule has 0 saturated carbocycles. The van der Waals surface area contributed by atoms with Gasteiger partial charge in [-0.2, -0.15) is 0 Å². The van der Waals surface area contributed by atoms with E-state index in [1.54, 1.807) is 0 Å². The second kappa shape index (κ2) is 14.1. The van der Waals surface area contributed by atoms with Gasteiger partial charge in [0.2, 0.25) is 0 Å². The van der Waals surface area contributed by atoms with Crippen LogP contribution >= 0.6 is 11.3 Å². The molecule has 0 amide bonds. The third kappa shape index (κ3) is 6.07. The van der Waals surface area contributed by atoms with Crippen molar-refractivity contribution in [2.45, 2.75) is 51.9 Å². The Morgan fingerprint density at radius 2 is 1.19 bits per heavy atom. The summed E-state index contributed by atoms with van der Waals surface area (Å²) in [5, 5.41) is 2.56. The molecular formula is C53H43N3S. The van der Waals surface area contributed by atoms with E-state index in [4.69, 9.17) is 15.0 Å². The minimum absolute atomic E-state index is 0.0639. The normalized spacial score (nSPS) is 13.5. The third-order valence-corrected chi connectivity index (χ3v) is 13.2. The van der Waals surface area contributed by atoms with Gasteiger partial charge in [-0.15, -0.1) is 11.3 Å². The van der Waals surface area contributed by atoms with E-state index < -0.39 is 0 Å². The fourth-order valence-electron chi connectivity index (χ4n) is 9.12. The van der Waals surface area contributed by atoms with Gasteiger partial charge in [0.15, 0.2) is 11.6 Å². The Morgan fingerprint density at radius 1 is 0.526 bits per heavy atom. The van der Waals surface area contributed by atoms with Crippen molar-refractivity contribution in [3.05, 3.63) is 186 Å². The Bertz CT molecular complexity index is 2960. The first kappa shape index (κ1) is 35.2. The van der Waals surface area contributed by atoms with Gasteiger partial charge in [0.05, 0.1) is 0 Å². The van der Waals surface area contributed by atoms with E-state index in [0.717, 1.165) is 23.4 Å². The third-order valence-electron chi connectivity index (χ3n) is 12.1. The summed E-state index contributed by atoms with van der Waals surface area (Å²) in [5.74, 6) is 2.43. The molecule has 1 unspecified atom stereocenters. The van der Waals surface area contributed by atoms with E-state index in [0.29, 0.717) is 18.1 Å². The monoisotopic (exact) mass is 753 g/mol. The number of thiophene rings is 1. The molecule has 0 bridgehead atoms. The number of rotatable bonds is 8. The van der Waals surface area contributed by atoms with Crippen LogP contribution in [0.5, 0.6) is 0 Å². The average Bonchev–Trinajstić information content (AvgIpc) is 3.74. The molecule has 2 heterocycles. The van der Waals surface area contributed by atoms with Crippen molar-refractivity contribution in [3.8, 4) is 56.2 Å². The number of nitrogens with zero attached hydrogens (tertiary/aromatic N) is 3. The lowest BCUT2D eigenvalue weighted by Gasteiger charge is -2.24. The summed E-state index contributed by atoms with van der Waals surface area (Å²) < 4.78 is 2.51. The van der Waals surface area contributed by atoms with Crippen LogP contribution in [0, 0.1) is 6.92 Å². The quantitative estimate of drug-likeness (QED) is 0.155. The van der Waals surface area contributed by atoms with Crippen LogP contribution in [-0.2, 0) is 11.8 Å². The molecule has 2 aromatic heterocycles. The molecule has 57 heavy (non-hydrogen) atoms. The fraction of sp³-hybridized carbons (Fsp3) is 0.151. The summed E-state index contributed by atoms with van der Waals surface area (Å²) in [6.07, 6.45) is 1.66. The first-order chi connectivity index (χ1) is 27.9. The number of aryl methyl sites for hydroxylation is 1. The molecule has 0 spiro atoms. The Labute approximate surface area is 338 Å². The summed E-state index contributed by atoms with van der Waals surface area (Å²) in [6.45, 7) is 9.28. The topological polar surface area (TPSA) is 38.7 Å². The molecule has 0 saturated heterocycles. The van der Waals surface area contributed by atoms with Crippen LogP contribution in [-0.4, -0.2) is 15.0 Å². The first-order valence-corrected chi connectivity index (χ1v) is 20.8. The van der Waals surface area contributed by atoms with E-state index in [1.165, 1.54) is 75.8 Å². The number of hydrogen-bond acceptors (Lipinski definition) is 4. The second-order valence-electron chi connectivity index (χ2n) is 15.9. The van der Waals surface area contributed by atoms with Gasteiger partial charge in [0, 0.05) is 43.1 Å². The molecule has 1 atom stereocenters. The molecule has 1 aliphatic rings. The van der Waals surface area contributed by atoms with Gasteiger partial charge < -0.3 is 0 Å². The van der Waals surface area contributed by atoms with Gasteiger partial charge in [0.25, 0.3) is 0 Å². The molecule has 0 fully saturated rings. The summed E-state index contributed by atoms with van der Waals surface area (Å²) >= 11 is 1.83. The molecule has 0 N–H and O–H groups in total. The lowest BCUT2D eigenvalue weighted by molar-refractivity contribution is 0.636. The van der Waals surface area contributed by atoms with E-state index >= 15 is 0 Å². The summed E-state index contributed by atoms with van der Waals surface area (Å²) in [5.41, 5.74) is 15.2. The molecule has 3 nitrogen and oxygen atoms in total. The molecule has 4 heteroatoms. The van der Waals surface area contributed by atoms with Crippen LogP contribution in [0.25, 0.3) is 76.3 Å². The Kier molecular flexibility index (Phi) is 8.68. The van der Waals surface area contributed by atoms with Gasteiger partial charge in [0.1, 0.15) is 5.82 Å². The lowest BCUT2D eigenvalue weighted by Crippen LogP contribution is -2.15. The van der Waals surface area contributed by atoms with Crippen molar-refractivity contribution in [2.75, 3.05) is 0 Å². The highest BCUT2D eigenvalue weighted by atomic mass is 32.1. The zero-order valence-electron chi connectivity index (χ0n) is 32.8. The number of aromatic nitrogens is 3. The van der Waals surface area contributed by atoms with Crippen LogP contribution in [0.1, 0.15) is 61.2 Å². The highest BCUT2D eigenvalue weighted by molar-refractivity contribution is 7.26. The van der Waals surface area contributed by atoms with Crippen molar-refractivity contribution in [1.82, 2.24) is 15.0 Å². The van der Waals surface area contributed by atoms with Crippen LogP contribution in [0.3, 0.4) is 0 Å². The fourth-order valence-corrected chi connectivity index (χ4v) is 10.3. The van der Waals surface area contributed by atoms with E-state index in [1.807, 2.05) is 17.4 Å². The Balaban J connectivity index is 1.05. The van der Waals surface area contributed by atoms with E-state index in [9.17, 15) is 0 Å². The van der Waals surface area contributed by atoms with Crippen molar-refractivity contribution in [2.24, 2.45) is 0 Å². The van der Waals surface area contributed by atoms with Crippen molar-refractivity contribution in [1.29, 1.82) is 0 Å². The molecule has 276 valence electrons. The first-order valence-electron chi connectivity index (χ1n) is 20.0. The Hall–Kier alpha value is -6.23. The lowest BCUT2D eigenvalue weighted by atomic mass is 9.79. The van der Waals surface area contributed by atoms with Crippen molar-refractivity contribution >= 4 is 31.5 Å². The molecule has 10 rings (SSSR count). The van der Waals surface area contributed by atoms with E-state index in [2.05, 4.69) is 179 Å². The SMILES string of the molecule is CCC(Cc1nc(-c2ccccc2)nc(-c2ccc3c(c2)sc2cccc(-c4ccccc4)c23)n1)c1ccccc1-c1cc2c(cc1C)-c1ccccc1C2(C)C. The number of fused-ring (bicyclic) bond motifs is 6. The maximum absolute atomic E-state index is 5.26. The largest absolute Gasteiger partial charge is 0.213 e. The minimum Gasteiger partial charge on any atom is -0.213 e. The molecule has 9 aromatic rings. The van der Waals surface area contributed by atoms with Crippen LogP contribution < -0.4 is 0 Å². The van der Waals surface area contributed by atoms with Gasteiger partial charge in [-0.1, -0.05) is 160 Å². The second-order valence-corrected chi connectivity index (χ2v) is 17.0. The van der Waals surface area contributed by atoms with Gasteiger partial charge in [-0.3, -0.25) is 0 Å². The van der Waals surface area contributed by atoms with Crippen molar-refractivity contribution < 1.29 is 0 Å². The maximum atomic E-state index is 5.26. The van der Waals surface area contributed by atoms with Crippen LogP contribution in [0.2, 0.25) is 0 Å². The van der Waals surface area contributed by atoms with E-state index in [-0.39, 0.29) is 11.3 Å². The maximum Gasteiger partial charge on any atom is 0.163 e. The highest BCUT2D eigenvalue weighted by Gasteiger charge is 2.36. The summed E-state index contributed by atoms with van der Waals surface area (Å²) in [7, 11) is 0. The Morgan fingerprint density at radius 3 is 1.96 bits per heavy atom. The average molecular weight is 754 g/mol. The molecule has 0 radical (unpaired) electrons. The standard InChI is InChI=1S/C53H43N3S/c1-5-34(38-21-12-13-22-40(38)43-32-46-44(29-33(43)2)41-23-14-15-25-45(41)53(46,3)4)31-49-54-51(36-19-10-7-11-20-36)56-52(55-49)37-27-28-42-48(30-37)57-47-26-16-24-39(50(42)47)35-17-8-6-9-18-35/h6-30,32,34H,5,31H2,1-4H3. The van der Waals surface area contributed by atoms with Crippen LogP contribution in [0.15, 0.2) is 158 Å². The minimum atomic E-state index is -0.0639. The number of benzene rings is 7. The molecule has 1 aliphatic carbocycles. The number of hydrogen-bond donors (Lipinski definition) is 0. The van der Waals surface area contributed by atoms with Gasteiger partial charge in [-0.05, 0) is 93.1 Å². The smallest absolute Gasteiger partial charge is 0.163 e. The van der Waals surface area contributed by atoms with Crippen molar-refractivity contribution in [3.63, 3.8) is 0 Å². The predicted octanol–water partition coefficient (Wildman–Crippen LogP) is 14.3. The van der Waals surface area contributed by atoms with Gasteiger partial charge in [-0.25, -0.2) is 15.0 Å². The highest BCUT2D eigenvalue weighted by Crippen LogP contribution is 2.51. The van der Waals surface area contributed by atoms with Gasteiger partial charge >= 0.3 is 0 Å². The predicted molar refractivity (Wildman–Crippen MR) is 240 cm³/mol. The molecule has 0 aliphatic heterocycles. The molecular weight excluding hydrogens is 711 g/mol. The van der Waals surface area contributed by atoms with Crippen LogP contribution in [0.4, 0.5) is 0 Å². The summed E-state index contributed by atoms with van der Waals surface area (Å²) in [4.78, 5) is 15.6. The molecule has 7 aromatic carbocycles.